The van der Waals surface area contributed by atoms with E-state index in [0.29, 0.717) is 12.4 Å². The summed E-state index contributed by atoms with van der Waals surface area (Å²) in [5, 5.41) is 11.3. The molecule has 0 aliphatic heterocycles. The van der Waals surface area contributed by atoms with Crippen molar-refractivity contribution in [1.82, 2.24) is 9.97 Å². The number of aliphatic hydroxyl groups excluding tert-OH is 1. The molecule has 0 saturated carbocycles. The molecule has 0 atom stereocenters. The molecule has 0 amide bonds. The van der Waals surface area contributed by atoms with Gasteiger partial charge in [-0.3, -0.25) is 0 Å². The standard InChI is InChI=1S/C10H11N3O3/c1-16-10(15)8-6-9(13-7-12-8)11-4-2-3-5-14/h6-7,14H,4-5H2,1H3,(H,11,12,13). The van der Waals surface area contributed by atoms with Crippen molar-refractivity contribution in [3.63, 3.8) is 0 Å². The third-order valence-corrected chi connectivity index (χ3v) is 1.62. The first-order chi connectivity index (χ1) is 7.77. The minimum absolute atomic E-state index is 0.176. The number of aromatic nitrogens is 2. The van der Waals surface area contributed by atoms with Gasteiger partial charge in [-0.25, -0.2) is 14.8 Å². The fourth-order valence-electron chi connectivity index (χ4n) is 0.923. The molecular formula is C10H11N3O3. The molecule has 6 nitrogen and oxygen atoms in total. The fraction of sp³-hybridized carbons (Fsp3) is 0.300. The molecule has 0 bridgehead atoms. The molecule has 0 spiro atoms. The molecule has 1 aromatic rings. The zero-order valence-electron chi connectivity index (χ0n) is 8.73. The minimum Gasteiger partial charge on any atom is -0.464 e. The first-order valence-corrected chi connectivity index (χ1v) is 4.48. The number of ether oxygens (including phenoxy) is 1. The second-order valence-electron chi connectivity index (χ2n) is 2.65. The van der Waals surface area contributed by atoms with Crippen LogP contribution >= 0.6 is 0 Å². The lowest BCUT2D eigenvalue weighted by Gasteiger charge is -2.02. The quantitative estimate of drug-likeness (QED) is 0.537. The Labute approximate surface area is 92.7 Å². The Kier molecular flexibility index (Phi) is 4.76. The molecule has 84 valence electrons. The maximum Gasteiger partial charge on any atom is 0.356 e. The third-order valence-electron chi connectivity index (χ3n) is 1.62. The van der Waals surface area contributed by atoms with Crippen LogP contribution < -0.4 is 5.32 Å². The summed E-state index contributed by atoms with van der Waals surface area (Å²) in [7, 11) is 1.28. The largest absolute Gasteiger partial charge is 0.464 e. The molecular weight excluding hydrogens is 210 g/mol. The number of anilines is 1. The Morgan fingerprint density at radius 1 is 1.56 bits per heavy atom. The highest BCUT2D eigenvalue weighted by Gasteiger charge is 2.07. The number of nitrogens with one attached hydrogen (secondary N) is 1. The highest BCUT2D eigenvalue weighted by molar-refractivity contribution is 5.87. The van der Waals surface area contributed by atoms with E-state index >= 15 is 0 Å². The Morgan fingerprint density at radius 2 is 2.38 bits per heavy atom. The molecule has 0 saturated heterocycles. The van der Waals surface area contributed by atoms with Gasteiger partial charge >= 0.3 is 5.97 Å². The summed E-state index contributed by atoms with van der Waals surface area (Å²) >= 11 is 0. The maximum atomic E-state index is 11.1. The van der Waals surface area contributed by atoms with E-state index in [-0.39, 0.29) is 12.3 Å². The molecule has 0 aliphatic carbocycles. The molecule has 0 fully saturated rings. The van der Waals surface area contributed by atoms with E-state index < -0.39 is 5.97 Å². The van der Waals surface area contributed by atoms with Crippen molar-refractivity contribution in [2.24, 2.45) is 0 Å². The van der Waals surface area contributed by atoms with Crippen molar-refractivity contribution in [2.45, 2.75) is 0 Å². The number of esters is 1. The van der Waals surface area contributed by atoms with Crippen LogP contribution in [0.2, 0.25) is 0 Å². The Morgan fingerprint density at radius 3 is 3.06 bits per heavy atom. The van der Waals surface area contributed by atoms with Crippen molar-refractivity contribution in [3.05, 3.63) is 18.1 Å². The summed E-state index contributed by atoms with van der Waals surface area (Å²) in [5.74, 6) is 5.09. The molecule has 1 heterocycles. The highest BCUT2D eigenvalue weighted by Crippen LogP contribution is 2.04. The second-order valence-corrected chi connectivity index (χ2v) is 2.65. The van der Waals surface area contributed by atoms with E-state index in [1.165, 1.54) is 19.5 Å². The number of hydrogen-bond acceptors (Lipinski definition) is 6. The van der Waals surface area contributed by atoms with Crippen LogP contribution in [0.15, 0.2) is 12.4 Å². The first kappa shape index (κ1) is 11.9. The number of nitrogens with zero attached hydrogens (tertiary/aromatic N) is 2. The monoisotopic (exact) mass is 221 g/mol. The number of aliphatic hydroxyl groups is 1. The van der Waals surface area contributed by atoms with E-state index in [0.717, 1.165) is 0 Å². The van der Waals surface area contributed by atoms with E-state index in [1.54, 1.807) is 0 Å². The topological polar surface area (TPSA) is 84.3 Å². The highest BCUT2D eigenvalue weighted by atomic mass is 16.5. The van der Waals surface area contributed by atoms with Gasteiger partial charge in [-0.1, -0.05) is 11.8 Å². The number of methoxy groups -OCH3 is 1. The van der Waals surface area contributed by atoms with Gasteiger partial charge in [0.25, 0.3) is 0 Å². The molecule has 0 radical (unpaired) electrons. The lowest BCUT2D eigenvalue weighted by Crippen LogP contribution is -2.07. The fourth-order valence-corrected chi connectivity index (χ4v) is 0.923. The summed E-state index contributed by atoms with van der Waals surface area (Å²) in [6, 6.07) is 1.46. The van der Waals surface area contributed by atoms with Gasteiger partial charge in [0.1, 0.15) is 18.8 Å². The summed E-state index contributed by atoms with van der Waals surface area (Å²) in [6.07, 6.45) is 1.26. The van der Waals surface area contributed by atoms with Gasteiger partial charge in [0.15, 0.2) is 5.69 Å². The van der Waals surface area contributed by atoms with Crippen LogP contribution in [-0.2, 0) is 4.74 Å². The van der Waals surface area contributed by atoms with Gasteiger partial charge in [-0.2, -0.15) is 0 Å². The van der Waals surface area contributed by atoms with Gasteiger partial charge in [0.05, 0.1) is 13.7 Å². The lowest BCUT2D eigenvalue weighted by atomic mass is 10.4. The zero-order valence-corrected chi connectivity index (χ0v) is 8.73. The van der Waals surface area contributed by atoms with Gasteiger partial charge in [-0.15, -0.1) is 0 Å². The minimum atomic E-state index is -0.521. The number of carbonyl (C=O) groups is 1. The average molecular weight is 221 g/mol. The number of hydrogen-bond donors (Lipinski definition) is 2. The van der Waals surface area contributed by atoms with Crippen molar-refractivity contribution < 1.29 is 14.6 Å². The third kappa shape index (κ3) is 3.55. The van der Waals surface area contributed by atoms with Crippen molar-refractivity contribution in [3.8, 4) is 11.8 Å². The molecule has 1 rings (SSSR count). The van der Waals surface area contributed by atoms with Crippen molar-refractivity contribution >= 4 is 11.8 Å². The predicted molar refractivity (Wildman–Crippen MR) is 56.7 cm³/mol. The maximum absolute atomic E-state index is 11.1. The molecule has 16 heavy (non-hydrogen) atoms. The van der Waals surface area contributed by atoms with E-state index in [2.05, 4.69) is 31.9 Å². The van der Waals surface area contributed by atoms with Gasteiger partial charge in [0, 0.05) is 6.07 Å². The Bertz CT molecular complexity index is 423. The van der Waals surface area contributed by atoms with Crippen LogP contribution in [0, 0.1) is 11.8 Å². The smallest absolute Gasteiger partial charge is 0.356 e. The van der Waals surface area contributed by atoms with Crippen LogP contribution in [0.3, 0.4) is 0 Å². The number of carbonyl (C=O) groups excluding carboxylic acids is 1. The molecule has 6 heteroatoms. The number of rotatable bonds is 3. The van der Waals surface area contributed by atoms with Crippen LogP contribution in [0.4, 0.5) is 5.82 Å². The van der Waals surface area contributed by atoms with E-state index in [1.807, 2.05) is 0 Å². The molecule has 2 N–H and O–H groups in total. The second kappa shape index (κ2) is 6.37. The van der Waals surface area contributed by atoms with Gasteiger partial charge in [-0.05, 0) is 0 Å². The van der Waals surface area contributed by atoms with E-state index in [4.69, 9.17) is 5.11 Å². The van der Waals surface area contributed by atoms with Crippen molar-refractivity contribution in [1.29, 1.82) is 0 Å². The van der Waals surface area contributed by atoms with Crippen LogP contribution in [0.1, 0.15) is 10.5 Å². The van der Waals surface area contributed by atoms with E-state index in [9.17, 15) is 4.79 Å². The van der Waals surface area contributed by atoms with Crippen LogP contribution in [0.5, 0.6) is 0 Å². The van der Waals surface area contributed by atoms with Crippen LogP contribution in [0.25, 0.3) is 0 Å². The Hall–Kier alpha value is -2.13. The molecule has 0 aromatic carbocycles. The first-order valence-electron chi connectivity index (χ1n) is 4.48. The summed E-state index contributed by atoms with van der Waals surface area (Å²) in [4.78, 5) is 18.8. The Balaban J connectivity index is 2.64. The normalized spacial score (nSPS) is 8.88. The van der Waals surface area contributed by atoms with Crippen LogP contribution in [-0.4, -0.2) is 41.3 Å². The predicted octanol–water partition coefficient (Wildman–Crippen LogP) is -0.329. The summed E-state index contributed by atoms with van der Waals surface area (Å²) in [6.45, 7) is 0.150. The zero-order chi connectivity index (χ0) is 11.8. The lowest BCUT2D eigenvalue weighted by molar-refractivity contribution is 0.0594. The average Bonchev–Trinajstić information content (AvgIpc) is 2.34. The molecule has 0 unspecified atom stereocenters. The van der Waals surface area contributed by atoms with Crippen molar-refractivity contribution in [2.75, 3.05) is 25.6 Å². The SMILES string of the molecule is COC(=O)c1cc(NCC#CCO)ncn1. The molecule has 0 aliphatic rings. The summed E-state index contributed by atoms with van der Waals surface area (Å²) < 4.78 is 4.52. The molecule has 1 aromatic heterocycles. The van der Waals surface area contributed by atoms with Gasteiger partial charge < -0.3 is 15.2 Å². The summed E-state index contributed by atoms with van der Waals surface area (Å²) in [5.41, 5.74) is 0.176. The van der Waals surface area contributed by atoms with Gasteiger partial charge in [0.2, 0.25) is 0 Å².